The molecule has 184 valence electrons. The van der Waals surface area contributed by atoms with Crippen molar-refractivity contribution in [2.45, 2.75) is 18.1 Å². The van der Waals surface area contributed by atoms with Crippen LogP contribution >= 0.6 is 11.8 Å². The highest BCUT2D eigenvalue weighted by atomic mass is 32.2. The van der Waals surface area contributed by atoms with Gasteiger partial charge in [0.2, 0.25) is 11.9 Å². The molecule has 2 aromatic carbocycles. The Morgan fingerprint density at radius 3 is 2.69 bits per heavy atom. The summed E-state index contributed by atoms with van der Waals surface area (Å²) >= 11 is 1.25. The number of amides is 1. The fraction of sp³-hybridized carbons (Fsp3) is 0.375. The van der Waals surface area contributed by atoms with Gasteiger partial charge in [-0.15, -0.1) is 10.2 Å². The topological polar surface area (TPSA) is 90.7 Å². The van der Waals surface area contributed by atoms with Crippen molar-refractivity contribution in [1.82, 2.24) is 20.1 Å². The third-order valence-electron chi connectivity index (χ3n) is 5.75. The van der Waals surface area contributed by atoms with Crippen LogP contribution in [0.2, 0.25) is 0 Å². The summed E-state index contributed by atoms with van der Waals surface area (Å²) in [6.45, 7) is 5.43. The second-order valence-corrected chi connectivity index (χ2v) is 9.12. The lowest BCUT2D eigenvalue weighted by atomic mass is 10.1. The van der Waals surface area contributed by atoms with E-state index in [0.717, 1.165) is 5.56 Å². The van der Waals surface area contributed by atoms with Gasteiger partial charge in [0.15, 0.2) is 16.7 Å². The zero-order valence-electron chi connectivity index (χ0n) is 19.3. The Kier molecular flexibility index (Phi) is 7.05. The Bertz CT molecular complexity index is 1200. The monoisotopic (exact) mass is 499 g/mol. The lowest BCUT2D eigenvalue weighted by molar-refractivity contribution is -0.119. The third-order valence-corrected chi connectivity index (χ3v) is 6.68. The number of hydrogen-bond donors (Lipinski definition) is 1. The summed E-state index contributed by atoms with van der Waals surface area (Å²) in [6, 6.07) is 11.7. The van der Waals surface area contributed by atoms with E-state index < -0.39 is 0 Å². The summed E-state index contributed by atoms with van der Waals surface area (Å²) in [5.41, 5.74) is 1.52. The number of carbonyl (C=O) groups is 1. The van der Waals surface area contributed by atoms with E-state index in [2.05, 4.69) is 20.4 Å². The number of nitrogens with one attached hydrogen (secondary N) is 1. The summed E-state index contributed by atoms with van der Waals surface area (Å²) in [4.78, 5) is 14.8. The fourth-order valence-electron chi connectivity index (χ4n) is 3.99. The van der Waals surface area contributed by atoms with E-state index in [1.54, 1.807) is 16.7 Å². The molecule has 9 nitrogen and oxygen atoms in total. The molecule has 1 atom stereocenters. The van der Waals surface area contributed by atoms with E-state index in [1.807, 2.05) is 25.1 Å². The van der Waals surface area contributed by atoms with Crippen molar-refractivity contribution >= 4 is 23.6 Å². The Balaban J connectivity index is 1.29. The molecule has 3 heterocycles. The minimum Gasteiger partial charge on any atom is -0.486 e. The summed E-state index contributed by atoms with van der Waals surface area (Å²) < 4.78 is 32.5. The number of benzene rings is 2. The Morgan fingerprint density at radius 1 is 1.09 bits per heavy atom. The number of ether oxygens (including phenoxy) is 3. The SMILES string of the molecule is C[C@@H](NC(=O)CSc1nnc(N2CCOCC2)n1-c1cccc(F)c1)c1ccc2c(c1)OCCO2. The smallest absolute Gasteiger partial charge is 0.232 e. The van der Waals surface area contributed by atoms with Gasteiger partial charge in [0.1, 0.15) is 19.0 Å². The molecule has 5 rings (SSSR count). The number of aromatic nitrogens is 3. The van der Waals surface area contributed by atoms with Gasteiger partial charge in [-0.2, -0.15) is 0 Å². The van der Waals surface area contributed by atoms with E-state index in [-0.39, 0.29) is 23.5 Å². The fourth-order valence-corrected chi connectivity index (χ4v) is 4.75. The minimum absolute atomic E-state index is 0.130. The van der Waals surface area contributed by atoms with Crippen LogP contribution < -0.4 is 19.7 Å². The number of halogens is 1. The molecule has 1 amide bonds. The zero-order chi connectivity index (χ0) is 24.2. The van der Waals surface area contributed by atoms with Crippen LogP contribution in [0.1, 0.15) is 18.5 Å². The summed E-state index contributed by atoms with van der Waals surface area (Å²) in [7, 11) is 0. The van der Waals surface area contributed by atoms with E-state index >= 15 is 0 Å². The van der Waals surface area contributed by atoms with Gasteiger partial charge in [-0.3, -0.25) is 9.36 Å². The lowest BCUT2D eigenvalue weighted by Gasteiger charge is -2.27. The van der Waals surface area contributed by atoms with E-state index in [4.69, 9.17) is 14.2 Å². The molecule has 35 heavy (non-hydrogen) atoms. The second kappa shape index (κ2) is 10.5. The first kappa shape index (κ1) is 23.4. The average molecular weight is 500 g/mol. The number of thioether (sulfide) groups is 1. The van der Waals surface area contributed by atoms with Crippen LogP contribution in [0.5, 0.6) is 11.5 Å². The van der Waals surface area contributed by atoms with Crippen LogP contribution in [0.25, 0.3) is 5.69 Å². The first-order chi connectivity index (χ1) is 17.1. The van der Waals surface area contributed by atoms with Crippen molar-refractivity contribution in [2.24, 2.45) is 0 Å². The Labute approximate surface area is 206 Å². The molecular formula is C24H26FN5O4S. The van der Waals surface area contributed by atoms with Crippen LogP contribution in [0.4, 0.5) is 10.3 Å². The van der Waals surface area contributed by atoms with Crippen LogP contribution in [0.3, 0.4) is 0 Å². The third kappa shape index (κ3) is 5.35. The van der Waals surface area contributed by atoms with Crippen LogP contribution in [0, 0.1) is 5.82 Å². The van der Waals surface area contributed by atoms with Gasteiger partial charge in [0, 0.05) is 13.1 Å². The predicted molar refractivity (Wildman–Crippen MR) is 129 cm³/mol. The molecule has 3 aromatic rings. The highest BCUT2D eigenvalue weighted by Gasteiger charge is 2.23. The molecule has 1 fully saturated rings. The molecule has 1 N–H and O–H groups in total. The molecule has 0 spiro atoms. The number of anilines is 1. The molecule has 0 radical (unpaired) electrons. The molecule has 1 saturated heterocycles. The highest BCUT2D eigenvalue weighted by molar-refractivity contribution is 7.99. The van der Waals surface area contributed by atoms with Gasteiger partial charge in [0.25, 0.3) is 0 Å². The van der Waals surface area contributed by atoms with Gasteiger partial charge >= 0.3 is 0 Å². The van der Waals surface area contributed by atoms with Crippen LogP contribution in [-0.2, 0) is 9.53 Å². The molecule has 0 bridgehead atoms. The van der Waals surface area contributed by atoms with Crippen LogP contribution in [0.15, 0.2) is 47.6 Å². The van der Waals surface area contributed by atoms with Gasteiger partial charge in [0.05, 0.1) is 30.7 Å². The maximum Gasteiger partial charge on any atom is 0.232 e. The maximum atomic E-state index is 14.0. The predicted octanol–water partition coefficient (Wildman–Crippen LogP) is 2.98. The lowest BCUT2D eigenvalue weighted by Crippen LogP contribution is -2.37. The molecule has 0 unspecified atom stereocenters. The van der Waals surface area contributed by atoms with Crippen molar-refractivity contribution in [3.63, 3.8) is 0 Å². The standard InChI is InChI=1S/C24H26FN5O4S/c1-16(17-5-6-20-21(13-17)34-12-11-33-20)26-22(31)15-35-24-28-27-23(29-7-9-32-10-8-29)30(24)19-4-2-3-18(25)14-19/h2-6,13-14,16H,7-12,15H2,1H3,(H,26,31)/t16-/m1/s1. The Morgan fingerprint density at radius 2 is 1.89 bits per heavy atom. The summed E-state index contributed by atoms with van der Waals surface area (Å²) in [5, 5.41) is 12.2. The molecule has 2 aliphatic heterocycles. The molecular weight excluding hydrogens is 473 g/mol. The number of carbonyl (C=O) groups excluding carboxylic acids is 1. The number of nitrogens with zero attached hydrogens (tertiary/aromatic N) is 4. The molecule has 2 aliphatic rings. The molecule has 0 aliphatic carbocycles. The number of morpholine rings is 1. The largest absolute Gasteiger partial charge is 0.486 e. The quantitative estimate of drug-likeness (QED) is 0.497. The van der Waals surface area contributed by atoms with Gasteiger partial charge in [-0.1, -0.05) is 23.9 Å². The zero-order valence-corrected chi connectivity index (χ0v) is 20.1. The first-order valence-corrected chi connectivity index (χ1v) is 12.4. The number of fused-ring (bicyclic) bond motifs is 1. The van der Waals surface area contributed by atoms with Crippen molar-refractivity contribution in [3.8, 4) is 17.2 Å². The van der Waals surface area contributed by atoms with E-state index in [0.29, 0.717) is 67.8 Å². The molecule has 1 aromatic heterocycles. The van der Waals surface area contributed by atoms with Gasteiger partial charge in [-0.05, 0) is 42.8 Å². The summed E-state index contributed by atoms with van der Waals surface area (Å²) in [5.74, 6) is 1.62. The number of hydrogen-bond acceptors (Lipinski definition) is 8. The van der Waals surface area contributed by atoms with E-state index in [1.165, 1.54) is 23.9 Å². The first-order valence-electron chi connectivity index (χ1n) is 11.4. The van der Waals surface area contributed by atoms with Gasteiger partial charge in [-0.25, -0.2) is 4.39 Å². The van der Waals surface area contributed by atoms with Crippen molar-refractivity contribution in [3.05, 3.63) is 53.8 Å². The maximum absolute atomic E-state index is 14.0. The minimum atomic E-state index is -0.355. The Hall–Kier alpha value is -3.31. The normalized spacial score (nSPS) is 16.1. The molecule has 11 heteroatoms. The highest BCUT2D eigenvalue weighted by Crippen LogP contribution is 2.33. The van der Waals surface area contributed by atoms with Crippen molar-refractivity contribution in [1.29, 1.82) is 0 Å². The van der Waals surface area contributed by atoms with Crippen LogP contribution in [-0.4, -0.2) is 65.9 Å². The second-order valence-electron chi connectivity index (χ2n) is 8.18. The van der Waals surface area contributed by atoms with E-state index in [9.17, 15) is 9.18 Å². The number of rotatable bonds is 7. The van der Waals surface area contributed by atoms with Crippen molar-refractivity contribution in [2.75, 3.05) is 50.2 Å². The summed E-state index contributed by atoms with van der Waals surface area (Å²) in [6.07, 6.45) is 0. The average Bonchev–Trinajstić information content (AvgIpc) is 3.32. The van der Waals surface area contributed by atoms with Crippen molar-refractivity contribution < 1.29 is 23.4 Å². The van der Waals surface area contributed by atoms with Gasteiger partial charge < -0.3 is 24.4 Å². The molecule has 0 saturated carbocycles.